The van der Waals surface area contributed by atoms with Crippen molar-refractivity contribution in [3.05, 3.63) is 18.2 Å². The molecular weight excluding hydrogens is 160 g/mol. The van der Waals surface area contributed by atoms with E-state index in [4.69, 9.17) is 9.47 Å². The van der Waals surface area contributed by atoms with Gasteiger partial charge < -0.3 is 14.2 Å². The van der Waals surface area contributed by atoms with Crippen LogP contribution in [0.2, 0.25) is 0 Å². The lowest BCUT2D eigenvalue weighted by molar-refractivity contribution is -0.120. The van der Waals surface area contributed by atoms with Crippen LogP contribution in [0, 0.1) is 0 Å². The normalized spacial score (nSPS) is 12.7. The fourth-order valence-electron chi connectivity index (χ4n) is 1.01. The summed E-state index contributed by atoms with van der Waals surface area (Å²) in [6.07, 6.45) is 0. The summed E-state index contributed by atoms with van der Waals surface area (Å²) in [5.41, 5.74) is 0. The molecule has 0 N–H and O–H groups in total. The Kier molecular flexibility index (Phi) is 1.59. The molecule has 1 aliphatic heterocycles. The topological polar surface area (TPSA) is 44.8 Å². The van der Waals surface area contributed by atoms with Crippen molar-refractivity contribution >= 4 is 6.47 Å². The van der Waals surface area contributed by atoms with Gasteiger partial charge in [0.2, 0.25) is 6.79 Å². The first-order valence-electron chi connectivity index (χ1n) is 3.40. The smallest absolute Gasteiger partial charge is 0.298 e. The van der Waals surface area contributed by atoms with E-state index >= 15 is 0 Å². The molecule has 0 radical (unpaired) electrons. The zero-order valence-corrected chi connectivity index (χ0v) is 6.15. The van der Waals surface area contributed by atoms with E-state index in [0.29, 0.717) is 23.7 Å². The summed E-state index contributed by atoms with van der Waals surface area (Å²) in [6, 6.07) is 4.94. The van der Waals surface area contributed by atoms with E-state index < -0.39 is 0 Å². The van der Waals surface area contributed by atoms with Gasteiger partial charge in [-0.25, -0.2) is 0 Å². The third-order valence-electron chi connectivity index (χ3n) is 1.53. The van der Waals surface area contributed by atoms with Gasteiger partial charge in [0.25, 0.3) is 6.47 Å². The van der Waals surface area contributed by atoms with Crippen LogP contribution in [0.25, 0.3) is 0 Å². The van der Waals surface area contributed by atoms with Gasteiger partial charge in [-0.1, -0.05) is 0 Å². The average molecular weight is 166 g/mol. The number of fused-ring (bicyclic) bond motifs is 1. The zero-order chi connectivity index (χ0) is 8.39. The second-order valence-corrected chi connectivity index (χ2v) is 2.23. The van der Waals surface area contributed by atoms with Gasteiger partial charge in [0.05, 0.1) is 0 Å². The quantitative estimate of drug-likeness (QED) is 0.613. The Balaban J connectivity index is 2.32. The van der Waals surface area contributed by atoms with Crippen molar-refractivity contribution in [2.75, 3.05) is 6.79 Å². The summed E-state index contributed by atoms with van der Waals surface area (Å²) in [5, 5.41) is 0. The SMILES string of the molecule is O=COc1ccc2c(c1)OCO2. The number of carbonyl (C=O) groups is 1. The summed E-state index contributed by atoms with van der Waals surface area (Å²) >= 11 is 0. The second kappa shape index (κ2) is 2.73. The van der Waals surface area contributed by atoms with Crippen LogP contribution in [0.5, 0.6) is 17.2 Å². The monoisotopic (exact) mass is 166 g/mol. The van der Waals surface area contributed by atoms with Crippen molar-refractivity contribution in [3.63, 3.8) is 0 Å². The van der Waals surface area contributed by atoms with Crippen LogP contribution in [0.4, 0.5) is 0 Å². The molecule has 1 aliphatic rings. The highest BCUT2D eigenvalue weighted by molar-refractivity contribution is 5.51. The van der Waals surface area contributed by atoms with Crippen molar-refractivity contribution in [2.45, 2.75) is 0 Å². The molecule has 1 aromatic carbocycles. The number of hydrogen-bond acceptors (Lipinski definition) is 4. The predicted molar refractivity (Wildman–Crippen MR) is 39.3 cm³/mol. The Morgan fingerprint density at radius 2 is 2.17 bits per heavy atom. The van der Waals surface area contributed by atoms with Gasteiger partial charge in [-0.05, 0) is 12.1 Å². The molecule has 0 saturated carbocycles. The molecule has 0 spiro atoms. The van der Waals surface area contributed by atoms with Gasteiger partial charge in [-0.15, -0.1) is 0 Å². The molecule has 0 amide bonds. The van der Waals surface area contributed by atoms with Gasteiger partial charge in [0.1, 0.15) is 5.75 Å². The third kappa shape index (κ3) is 1.07. The molecule has 2 rings (SSSR count). The van der Waals surface area contributed by atoms with Gasteiger partial charge in [0, 0.05) is 6.07 Å². The maximum absolute atomic E-state index is 9.98. The van der Waals surface area contributed by atoms with Crippen molar-refractivity contribution in [1.82, 2.24) is 0 Å². The summed E-state index contributed by atoms with van der Waals surface area (Å²) in [6.45, 7) is 0.595. The summed E-state index contributed by atoms with van der Waals surface area (Å²) < 4.78 is 14.7. The van der Waals surface area contributed by atoms with Gasteiger partial charge in [-0.2, -0.15) is 0 Å². The minimum atomic E-state index is 0.222. The van der Waals surface area contributed by atoms with Crippen LogP contribution in [0.3, 0.4) is 0 Å². The number of carbonyl (C=O) groups excluding carboxylic acids is 1. The number of rotatable bonds is 2. The summed E-state index contributed by atoms with van der Waals surface area (Å²) in [5.74, 6) is 1.73. The van der Waals surface area contributed by atoms with Gasteiger partial charge >= 0.3 is 0 Å². The lowest BCUT2D eigenvalue weighted by atomic mass is 10.3. The first-order chi connectivity index (χ1) is 5.90. The van der Waals surface area contributed by atoms with Crippen LogP contribution in [0.1, 0.15) is 0 Å². The minimum Gasteiger partial charge on any atom is -0.454 e. The number of hydrogen-bond donors (Lipinski definition) is 0. The molecule has 4 heteroatoms. The molecule has 62 valence electrons. The van der Waals surface area contributed by atoms with Gasteiger partial charge in [0.15, 0.2) is 11.5 Å². The second-order valence-electron chi connectivity index (χ2n) is 2.23. The first kappa shape index (κ1) is 6.97. The average Bonchev–Trinajstić information content (AvgIpc) is 2.51. The predicted octanol–water partition coefficient (Wildman–Crippen LogP) is 0.950. The highest BCUT2D eigenvalue weighted by Crippen LogP contribution is 2.34. The van der Waals surface area contributed by atoms with Crippen LogP contribution < -0.4 is 14.2 Å². The Morgan fingerprint density at radius 1 is 1.33 bits per heavy atom. The zero-order valence-electron chi connectivity index (χ0n) is 6.15. The lowest BCUT2D eigenvalue weighted by Crippen LogP contribution is -1.93. The van der Waals surface area contributed by atoms with Crippen molar-refractivity contribution in [1.29, 1.82) is 0 Å². The molecule has 1 heterocycles. The van der Waals surface area contributed by atoms with E-state index in [1.54, 1.807) is 18.2 Å². The highest BCUT2D eigenvalue weighted by Gasteiger charge is 2.13. The fourth-order valence-corrected chi connectivity index (χ4v) is 1.01. The molecule has 0 aromatic heterocycles. The van der Waals surface area contributed by atoms with E-state index in [-0.39, 0.29) is 6.79 Å². The van der Waals surface area contributed by atoms with Gasteiger partial charge in [-0.3, -0.25) is 4.79 Å². The molecule has 0 aliphatic carbocycles. The molecule has 0 unspecified atom stereocenters. The van der Waals surface area contributed by atoms with Crippen LogP contribution in [-0.4, -0.2) is 13.3 Å². The standard InChI is InChI=1S/C8H6O4/c9-4-10-6-1-2-7-8(3-6)12-5-11-7/h1-4H,5H2. The summed E-state index contributed by atoms with van der Waals surface area (Å²) in [4.78, 5) is 9.98. The van der Waals surface area contributed by atoms with Crippen LogP contribution >= 0.6 is 0 Å². The Hall–Kier alpha value is -1.71. The molecule has 0 bridgehead atoms. The highest BCUT2D eigenvalue weighted by atomic mass is 16.7. The fraction of sp³-hybridized carbons (Fsp3) is 0.125. The Morgan fingerprint density at radius 3 is 3.00 bits per heavy atom. The van der Waals surface area contributed by atoms with E-state index in [2.05, 4.69) is 4.74 Å². The lowest BCUT2D eigenvalue weighted by Gasteiger charge is -1.98. The molecule has 0 fully saturated rings. The third-order valence-corrected chi connectivity index (χ3v) is 1.53. The van der Waals surface area contributed by atoms with Crippen LogP contribution in [-0.2, 0) is 4.79 Å². The molecular formula is C8H6O4. The molecule has 12 heavy (non-hydrogen) atoms. The Labute approximate surface area is 68.7 Å². The van der Waals surface area contributed by atoms with Crippen molar-refractivity contribution in [2.24, 2.45) is 0 Å². The molecule has 0 saturated heterocycles. The minimum absolute atomic E-state index is 0.222. The van der Waals surface area contributed by atoms with E-state index in [9.17, 15) is 4.79 Å². The number of benzene rings is 1. The van der Waals surface area contributed by atoms with E-state index in [1.807, 2.05) is 0 Å². The number of ether oxygens (including phenoxy) is 3. The Bertz CT molecular complexity index is 308. The first-order valence-corrected chi connectivity index (χ1v) is 3.40. The van der Waals surface area contributed by atoms with E-state index in [1.165, 1.54) is 0 Å². The molecule has 4 nitrogen and oxygen atoms in total. The maximum Gasteiger partial charge on any atom is 0.298 e. The molecule has 1 aromatic rings. The van der Waals surface area contributed by atoms with Crippen molar-refractivity contribution in [3.8, 4) is 17.2 Å². The summed E-state index contributed by atoms with van der Waals surface area (Å²) in [7, 11) is 0. The molecule has 0 atom stereocenters. The van der Waals surface area contributed by atoms with E-state index in [0.717, 1.165) is 0 Å². The maximum atomic E-state index is 9.98. The largest absolute Gasteiger partial charge is 0.454 e. The van der Waals surface area contributed by atoms with Crippen molar-refractivity contribution < 1.29 is 19.0 Å². The van der Waals surface area contributed by atoms with Crippen LogP contribution in [0.15, 0.2) is 18.2 Å².